The smallest absolute Gasteiger partial charge is 0.226 e. The average molecular weight is 548 g/mol. The molecule has 10 atom stereocenters. The van der Waals surface area contributed by atoms with Gasteiger partial charge in [-0.25, -0.2) is 4.85 Å². The Hall–Kier alpha value is -1.44. The predicted molar refractivity (Wildman–Crippen MR) is 159 cm³/mol. The van der Waals surface area contributed by atoms with E-state index in [2.05, 4.69) is 59.0 Å². The van der Waals surface area contributed by atoms with Crippen molar-refractivity contribution in [2.24, 2.45) is 56.7 Å². The van der Waals surface area contributed by atoms with Gasteiger partial charge in [0.1, 0.15) is 0 Å². The van der Waals surface area contributed by atoms with Crippen molar-refractivity contribution in [1.82, 2.24) is 0 Å². The van der Waals surface area contributed by atoms with Crippen LogP contribution < -0.4 is 0 Å². The molecular formula is C36H53NO3. The zero-order valence-electron chi connectivity index (χ0n) is 26.1. The van der Waals surface area contributed by atoms with Crippen molar-refractivity contribution in [3.63, 3.8) is 0 Å². The zero-order valence-corrected chi connectivity index (χ0v) is 26.1. The van der Waals surface area contributed by atoms with Crippen molar-refractivity contribution in [3.05, 3.63) is 35.3 Å². The molecular weight excluding hydrogens is 494 g/mol. The second-order valence-corrected chi connectivity index (χ2v) is 16.2. The van der Waals surface area contributed by atoms with Crippen LogP contribution in [0.2, 0.25) is 0 Å². The molecule has 4 saturated carbocycles. The molecule has 6 aliphatic rings. The summed E-state index contributed by atoms with van der Waals surface area (Å²) >= 11 is 0. The summed E-state index contributed by atoms with van der Waals surface area (Å²) in [5.74, 6) is 2.71. The van der Waals surface area contributed by atoms with Crippen LogP contribution in [0.1, 0.15) is 112 Å². The van der Waals surface area contributed by atoms with Crippen LogP contribution in [0.3, 0.4) is 0 Å². The minimum Gasteiger partial charge on any atom is -0.353 e. The van der Waals surface area contributed by atoms with Gasteiger partial charge in [-0.1, -0.05) is 52.8 Å². The van der Waals surface area contributed by atoms with Gasteiger partial charge in [0.15, 0.2) is 12.1 Å². The van der Waals surface area contributed by atoms with Gasteiger partial charge >= 0.3 is 0 Å². The van der Waals surface area contributed by atoms with E-state index in [0.717, 1.165) is 32.5 Å². The van der Waals surface area contributed by atoms with Gasteiger partial charge in [-0.3, -0.25) is 0 Å². The molecule has 1 aliphatic heterocycles. The first kappa shape index (κ1) is 28.7. The van der Waals surface area contributed by atoms with E-state index in [0.29, 0.717) is 35.3 Å². The van der Waals surface area contributed by atoms with Crippen molar-refractivity contribution in [2.45, 2.75) is 118 Å². The second kappa shape index (κ2) is 9.54. The van der Waals surface area contributed by atoms with Crippen molar-refractivity contribution in [1.29, 1.82) is 0 Å². The molecule has 0 N–H and O–H groups in total. The van der Waals surface area contributed by atoms with Gasteiger partial charge < -0.3 is 14.3 Å². The molecule has 0 aromatic rings. The highest BCUT2D eigenvalue weighted by molar-refractivity contribution is 6.02. The van der Waals surface area contributed by atoms with Gasteiger partial charge in [0, 0.05) is 12.0 Å². The Labute approximate surface area is 243 Å². The average Bonchev–Trinajstić information content (AvgIpc) is 3.31. The van der Waals surface area contributed by atoms with Crippen LogP contribution in [-0.4, -0.2) is 25.3 Å². The molecule has 0 aromatic carbocycles. The van der Waals surface area contributed by atoms with Gasteiger partial charge in [-0.2, -0.15) is 0 Å². The topological polar surface area (TPSA) is 39.9 Å². The highest BCUT2D eigenvalue weighted by atomic mass is 16.7. The largest absolute Gasteiger partial charge is 0.353 e. The lowest BCUT2D eigenvalue weighted by Gasteiger charge is -2.72. The van der Waals surface area contributed by atoms with Crippen molar-refractivity contribution < 1.29 is 14.3 Å². The van der Waals surface area contributed by atoms with Gasteiger partial charge in [0.25, 0.3) is 0 Å². The lowest BCUT2D eigenvalue weighted by atomic mass is 9.33. The molecule has 0 bridgehead atoms. The number of Topliss-reactive ketones (excluding diaryl/α,β-unsaturated/α-hetero) is 1. The summed E-state index contributed by atoms with van der Waals surface area (Å²) in [6.45, 7) is 28.3. The van der Waals surface area contributed by atoms with Gasteiger partial charge in [-0.15, -0.1) is 0 Å². The monoisotopic (exact) mass is 547 g/mol. The molecule has 4 nitrogen and oxygen atoms in total. The molecule has 6 rings (SSSR count). The highest BCUT2D eigenvalue weighted by Gasteiger charge is 2.70. The number of nitrogens with zero attached hydrogens (tertiary/aromatic N) is 1. The fraction of sp³-hybridized carbons (Fsp3) is 0.833. The maximum Gasteiger partial charge on any atom is 0.226 e. The summed E-state index contributed by atoms with van der Waals surface area (Å²) in [5, 5.41) is 0. The maximum atomic E-state index is 13.3. The third kappa shape index (κ3) is 3.78. The van der Waals surface area contributed by atoms with E-state index in [9.17, 15) is 4.79 Å². The number of allylic oxidation sites excluding steroid dienone is 3. The normalized spacial score (nSPS) is 49.5. The van der Waals surface area contributed by atoms with E-state index in [1.165, 1.54) is 56.9 Å². The molecule has 1 saturated heterocycles. The van der Waals surface area contributed by atoms with Gasteiger partial charge in [0.2, 0.25) is 5.70 Å². The first-order chi connectivity index (χ1) is 18.8. The molecule has 220 valence electrons. The third-order valence-electron chi connectivity index (χ3n) is 14.4. The lowest BCUT2D eigenvalue weighted by molar-refractivity contribution is -0.235. The SMILES string of the molecule is [C-]#[N+]C1=C[C@]2(C)[C@H]3CC[C@@H]4[C@H]5[C@H](C(=C)C)CC[C@]5(COC5CCCCO5)CC[C@@]4(C)[C@]3(C)CC[C@H]2C(C)(C)C1=O. The Morgan fingerprint density at radius 3 is 2.45 bits per heavy atom. The summed E-state index contributed by atoms with van der Waals surface area (Å²) in [4.78, 5) is 17.1. The molecule has 0 amide bonds. The molecule has 0 spiro atoms. The number of hydrogen-bond acceptors (Lipinski definition) is 3. The summed E-state index contributed by atoms with van der Waals surface area (Å²) in [6, 6.07) is 0. The number of fused-ring (bicyclic) bond motifs is 7. The summed E-state index contributed by atoms with van der Waals surface area (Å²) in [5.41, 5.74) is 1.82. The van der Waals surface area contributed by atoms with E-state index in [1.54, 1.807) is 0 Å². The van der Waals surface area contributed by atoms with Gasteiger partial charge in [0.05, 0.1) is 13.2 Å². The molecule has 1 unspecified atom stereocenters. The Morgan fingerprint density at radius 1 is 1.00 bits per heavy atom. The van der Waals surface area contributed by atoms with E-state index < -0.39 is 5.41 Å². The Kier molecular flexibility index (Phi) is 6.83. The molecule has 5 aliphatic carbocycles. The number of hydrogen-bond donors (Lipinski definition) is 0. The summed E-state index contributed by atoms with van der Waals surface area (Å²) in [6.07, 6.45) is 15.2. The third-order valence-corrected chi connectivity index (χ3v) is 14.4. The number of carbonyl (C=O) groups is 1. The molecule has 40 heavy (non-hydrogen) atoms. The number of ether oxygens (including phenoxy) is 2. The second-order valence-electron chi connectivity index (χ2n) is 16.2. The van der Waals surface area contributed by atoms with Crippen LogP contribution in [0.15, 0.2) is 23.9 Å². The summed E-state index contributed by atoms with van der Waals surface area (Å²) in [7, 11) is 0. The minimum absolute atomic E-state index is 0.0229. The minimum atomic E-state index is -0.473. The van der Waals surface area contributed by atoms with Crippen LogP contribution in [0, 0.1) is 63.2 Å². The Bertz CT molecular complexity index is 1140. The number of rotatable bonds is 4. The predicted octanol–water partition coefficient (Wildman–Crippen LogP) is 8.78. The number of ketones is 1. The van der Waals surface area contributed by atoms with Crippen molar-refractivity contribution in [2.75, 3.05) is 13.2 Å². The molecule has 1 heterocycles. The van der Waals surface area contributed by atoms with E-state index in [-0.39, 0.29) is 33.7 Å². The van der Waals surface area contributed by atoms with Crippen LogP contribution in [0.25, 0.3) is 4.85 Å². The fourth-order valence-electron chi connectivity index (χ4n) is 12.2. The summed E-state index contributed by atoms with van der Waals surface area (Å²) < 4.78 is 12.6. The van der Waals surface area contributed by atoms with E-state index >= 15 is 0 Å². The van der Waals surface area contributed by atoms with E-state index in [4.69, 9.17) is 16.0 Å². The van der Waals surface area contributed by atoms with Crippen molar-refractivity contribution in [3.8, 4) is 0 Å². The number of carbonyl (C=O) groups excluding carboxylic acids is 1. The molecule has 4 heteroatoms. The van der Waals surface area contributed by atoms with Crippen molar-refractivity contribution >= 4 is 5.78 Å². The quantitative estimate of drug-likeness (QED) is 0.261. The molecule has 5 fully saturated rings. The molecule has 0 radical (unpaired) electrons. The van der Waals surface area contributed by atoms with Crippen LogP contribution in [-0.2, 0) is 14.3 Å². The first-order valence-corrected chi connectivity index (χ1v) is 16.4. The van der Waals surface area contributed by atoms with Crippen LogP contribution in [0.4, 0.5) is 0 Å². The Morgan fingerprint density at radius 2 is 1.77 bits per heavy atom. The van der Waals surface area contributed by atoms with Crippen LogP contribution in [0.5, 0.6) is 0 Å². The maximum absolute atomic E-state index is 13.3. The van der Waals surface area contributed by atoms with Crippen LogP contribution >= 0.6 is 0 Å². The molecule has 0 aromatic heterocycles. The lowest BCUT2D eigenvalue weighted by Crippen LogP contribution is -2.66. The zero-order chi connectivity index (χ0) is 28.7. The Balaban J connectivity index is 1.36. The highest BCUT2D eigenvalue weighted by Crippen LogP contribution is 2.77. The fourth-order valence-corrected chi connectivity index (χ4v) is 12.2. The van der Waals surface area contributed by atoms with E-state index in [1.807, 2.05) is 0 Å². The first-order valence-electron chi connectivity index (χ1n) is 16.4. The standard InChI is InChI=1S/C36H53NO3/c1-23(2)24-14-17-36(22-40-29-11-9-10-20-39-29)19-18-34(6)25(30(24)36)12-13-28-33(5)21-26(37-8)31(38)32(3,4)27(33)15-16-35(28,34)7/h21,24-25,27-30H,1,9-20,22H2,2-7H3/t24-,25+,27-,28+,29?,30+,33-,34+,35+,36+/m0/s1. The van der Waals surface area contributed by atoms with Gasteiger partial charge in [-0.05, 0) is 129 Å².